The lowest BCUT2D eigenvalue weighted by Crippen LogP contribution is -2.13. The number of phenols is 2. The fraction of sp³-hybridized carbons (Fsp3) is 0.0984. The average molecular weight is 1390 g/mol. The molecule has 8 aromatic carbocycles. The number of aromatic hydroxyl groups is 2. The molecule has 10 aromatic rings. The van der Waals surface area contributed by atoms with Crippen LogP contribution in [-0.4, -0.2) is 153 Å². The zero-order chi connectivity index (χ0) is 71.2. The number of aromatic nitrogens is 6. The third-order valence-corrected chi connectivity index (χ3v) is 15.7. The number of phenolic OH excluding ortho intramolecular Hbond substituents is 2. The second-order valence-corrected chi connectivity index (χ2v) is 23.9. The van der Waals surface area contributed by atoms with Crippen LogP contribution in [0.5, 0.6) is 11.5 Å². The van der Waals surface area contributed by atoms with Gasteiger partial charge >= 0.3 is 23.9 Å². The second kappa shape index (κ2) is 28.5. The zero-order valence-corrected chi connectivity index (χ0v) is 52.4. The normalized spacial score (nSPS) is 11.6. The molecule has 0 spiro atoms. The number of aryl methyl sites for hydroxylation is 2. The molecule has 0 saturated carbocycles. The molecule has 0 fully saturated rings. The Labute approximate surface area is 556 Å². The number of carboxylic acid groups (broad SMARTS) is 4. The third-order valence-electron chi connectivity index (χ3n) is 14.0. The number of rotatable bonds is 26. The van der Waals surface area contributed by atoms with Crippen molar-refractivity contribution in [3.8, 4) is 11.5 Å². The van der Waals surface area contributed by atoms with Crippen LogP contribution in [0, 0.1) is 13.8 Å². The number of nitrogens with zero attached hydrogens (tertiary/aromatic N) is 10. The molecule has 36 nitrogen and oxygen atoms in total. The fourth-order valence-corrected chi connectivity index (χ4v) is 10.6. The minimum Gasteiger partial charge on any atom is -0.505 e. The first-order chi connectivity index (χ1) is 47.0. The van der Waals surface area contributed by atoms with Crippen molar-refractivity contribution in [3.05, 3.63) is 160 Å². The first kappa shape index (κ1) is 68.8. The van der Waals surface area contributed by atoms with Crippen LogP contribution in [0.4, 0.5) is 86.9 Å². The van der Waals surface area contributed by atoms with Gasteiger partial charge in [-0.3, -0.25) is 13.9 Å². The smallest absolute Gasteiger partial charge is 0.335 e. The first-order valence-corrected chi connectivity index (χ1v) is 31.3. The number of hydrogen-bond acceptors (Lipinski definition) is 29. The Kier molecular flexibility index (Phi) is 19.8. The molecular formula is C61H51N17O19S2. The maximum Gasteiger partial charge on any atom is 0.335 e. The number of carboxylic acids is 4. The van der Waals surface area contributed by atoms with E-state index in [1.54, 1.807) is 12.1 Å². The number of azo groups is 2. The minimum absolute atomic E-state index is 0.0492. The van der Waals surface area contributed by atoms with Gasteiger partial charge in [0.15, 0.2) is 11.5 Å². The lowest BCUT2D eigenvalue weighted by atomic mass is 10.0. The molecule has 0 atom stereocenters. The van der Waals surface area contributed by atoms with Crippen LogP contribution in [-0.2, 0) is 20.2 Å². The van der Waals surface area contributed by atoms with Crippen molar-refractivity contribution in [2.24, 2.45) is 20.5 Å². The lowest BCUT2D eigenvalue weighted by molar-refractivity contribution is 0.0676. The van der Waals surface area contributed by atoms with Crippen molar-refractivity contribution in [2.45, 2.75) is 23.6 Å². The fourth-order valence-electron chi connectivity index (χ4n) is 9.55. The Bertz CT molecular complexity index is 5200. The number of aliphatic hydroxyl groups excluding tert-OH is 2. The molecule has 506 valence electrons. The summed E-state index contributed by atoms with van der Waals surface area (Å²) in [5.41, 5.74) is -1.26. The summed E-state index contributed by atoms with van der Waals surface area (Å²) in [6.45, 7) is 2.13. The Morgan fingerprint density at radius 2 is 0.747 bits per heavy atom. The number of nitrogens with one attached hydrogen (secondary N) is 7. The summed E-state index contributed by atoms with van der Waals surface area (Å²) in [5.74, 6) is -8.62. The van der Waals surface area contributed by atoms with Crippen molar-refractivity contribution < 1.29 is 90.8 Å². The second-order valence-electron chi connectivity index (χ2n) is 21.0. The molecule has 0 aliphatic heterocycles. The van der Waals surface area contributed by atoms with Crippen LogP contribution >= 0.6 is 0 Å². The predicted molar refractivity (Wildman–Crippen MR) is 354 cm³/mol. The van der Waals surface area contributed by atoms with Crippen LogP contribution < -0.4 is 37.2 Å². The van der Waals surface area contributed by atoms with E-state index in [0.29, 0.717) is 17.1 Å². The Morgan fingerprint density at radius 3 is 1.09 bits per heavy atom. The van der Waals surface area contributed by atoms with Crippen LogP contribution in [0.3, 0.4) is 0 Å². The molecule has 0 unspecified atom stereocenters. The number of carbonyl (C=O) groups excluding carboxylic acids is 1. The number of aromatic carboxylic acids is 4. The van der Waals surface area contributed by atoms with Gasteiger partial charge < -0.3 is 78.1 Å². The summed E-state index contributed by atoms with van der Waals surface area (Å²) in [4.78, 5) is 85.5. The summed E-state index contributed by atoms with van der Waals surface area (Å²) >= 11 is 0. The SMILES string of the molecule is Cc1cc2cc(S(=O)(=O)O)cc(Nc3nc(NCCO)nc(Nc4ccc(NC(=O)c5ccc(Nc6nc(NCCO)nc(Nc7cc(S(=O)(=O)O)cc8cc(C)c(N=Nc9cc(C(=O)O)cc(C(=O)O)c9)c(O)c78)n6)cc5)cc4)n3)c2c(O)c1N=Nc1cc(C(=O)O)cc(C(=O)O)c1. The number of benzene rings is 8. The van der Waals surface area contributed by atoms with Gasteiger partial charge in [-0.2, -0.15) is 57.0 Å². The van der Waals surface area contributed by atoms with E-state index < -0.39 is 93.6 Å². The van der Waals surface area contributed by atoms with E-state index in [4.69, 9.17) is 0 Å². The summed E-state index contributed by atoms with van der Waals surface area (Å²) < 4.78 is 70.6. The van der Waals surface area contributed by atoms with Crippen molar-refractivity contribution in [1.29, 1.82) is 0 Å². The van der Waals surface area contributed by atoms with Gasteiger partial charge in [0.2, 0.25) is 35.7 Å². The Hall–Kier alpha value is -13.0. The molecule has 0 aliphatic carbocycles. The van der Waals surface area contributed by atoms with E-state index in [-0.39, 0.29) is 134 Å². The number of hydrogen-bond donors (Lipinski definition) is 17. The van der Waals surface area contributed by atoms with E-state index in [9.17, 15) is 90.8 Å². The van der Waals surface area contributed by atoms with Crippen LogP contribution in [0.15, 0.2) is 152 Å². The van der Waals surface area contributed by atoms with E-state index in [1.807, 2.05) is 0 Å². The minimum atomic E-state index is -4.91. The van der Waals surface area contributed by atoms with Crippen LogP contribution in [0.25, 0.3) is 21.5 Å². The number of anilines is 11. The molecule has 0 radical (unpaired) electrons. The molecule has 10 rings (SSSR count). The lowest BCUT2D eigenvalue weighted by Gasteiger charge is -2.16. The first-order valence-electron chi connectivity index (χ1n) is 28.4. The molecule has 99 heavy (non-hydrogen) atoms. The van der Waals surface area contributed by atoms with E-state index in [0.717, 1.165) is 60.7 Å². The van der Waals surface area contributed by atoms with E-state index in [1.165, 1.54) is 62.4 Å². The van der Waals surface area contributed by atoms with Crippen molar-refractivity contribution in [1.82, 2.24) is 29.9 Å². The maximum atomic E-state index is 13.6. The predicted octanol–water partition coefficient (Wildman–Crippen LogP) is 9.54. The summed E-state index contributed by atoms with van der Waals surface area (Å²) in [6, 6.07) is 25.1. The standard InChI is InChI=1S/C61H51N17O19S2/c1-27-15-30-23-41(98(92,93)94)25-43(45(30)49(81)47(27)77-75-39-19-32(52(84)85)17-33(20-39)53(86)87)67-60-71-56(62-11-13-79)69-58(73-60)65-37-5-3-29(4-6-37)51(83)64-36-7-9-38(10-8-36)66-59-70-57(63-12-14-80)72-61(74-59)68-44-26-42(99(95,96)97)24-31-16-28(2)48(50(82)46(31)44)78-76-40-21-34(54(88)89)18-35(22-40)55(90)91/h3-10,15-26,79-82H,11-14H2,1-2H3,(H,64,83)(H,84,85)(H,86,87)(H,88,89)(H,90,91)(H,92,93,94)(H,95,96,97)(H3,62,65,67,69,71,73)(H3,63,66,68,70,72,74). The van der Waals surface area contributed by atoms with E-state index in [2.05, 4.69) is 87.6 Å². The molecule has 2 heterocycles. The zero-order valence-electron chi connectivity index (χ0n) is 50.8. The van der Waals surface area contributed by atoms with E-state index >= 15 is 0 Å². The average Bonchev–Trinajstić information content (AvgIpc) is 0.763. The summed E-state index contributed by atoms with van der Waals surface area (Å²) in [6.07, 6.45) is 0. The van der Waals surface area contributed by atoms with Crippen molar-refractivity contribution in [3.63, 3.8) is 0 Å². The largest absolute Gasteiger partial charge is 0.505 e. The molecule has 38 heteroatoms. The van der Waals surface area contributed by atoms with Crippen LogP contribution in [0.2, 0.25) is 0 Å². The highest BCUT2D eigenvalue weighted by atomic mass is 32.2. The Morgan fingerprint density at radius 1 is 0.414 bits per heavy atom. The van der Waals surface area contributed by atoms with Gasteiger partial charge in [-0.15, -0.1) is 10.2 Å². The van der Waals surface area contributed by atoms with Gasteiger partial charge in [0.25, 0.3) is 26.1 Å². The number of carbonyl (C=O) groups is 5. The molecule has 2 aromatic heterocycles. The quantitative estimate of drug-likeness (QED) is 0.0177. The number of fused-ring (bicyclic) bond motifs is 2. The highest BCUT2D eigenvalue weighted by molar-refractivity contribution is 7.86. The van der Waals surface area contributed by atoms with Gasteiger partial charge in [-0.05, 0) is 157 Å². The Balaban J connectivity index is 0.866. The molecule has 1 amide bonds. The van der Waals surface area contributed by atoms with Gasteiger partial charge in [0.1, 0.15) is 11.4 Å². The highest BCUT2D eigenvalue weighted by Gasteiger charge is 2.24. The van der Waals surface area contributed by atoms with Crippen molar-refractivity contribution in [2.75, 3.05) is 63.5 Å². The maximum absolute atomic E-state index is 13.6. The monoisotopic (exact) mass is 1390 g/mol. The van der Waals surface area contributed by atoms with Gasteiger partial charge in [0, 0.05) is 46.5 Å². The van der Waals surface area contributed by atoms with Gasteiger partial charge in [0.05, 0.1) is 68.0 Å². The number of amides is 1. The topological polar surface area (TPSA) is 567 Å². The molecule has 0 aliphatic rings. The van der Waals surface area contributed by atoms with Gasteiger partial charge in [-0.25, -0.2) is 19.2 Å². The summed E-state index contributed by atoms with van der Waals surface area (Å²) in [5, 5.41) is 117. The van der Waals surface area contributed by atoms with Gasteiger partial charge in [-0.1, -0.05) is 0 Å². The highest BCUT2D eigenvalue weighted by Crippen LogP contribution is 2.46. The third kappa shape index (κ3) is 16.4. The van der Waals surface area contributed by atoms with Crippen molar-refractivity contribution >= 4 is 158 Å². The van der Waals surface area contributed by atoms with Crippen LogP contribution in [0.1, 0.15) is 62.9 Å². The summed E-state index contributed by atoms with van der Waals surface area (Å²) in [7, 11) is -9.81. The molecular weight excluding hydrogens is 1340 g/mol. The molecule has 0 bridgehead atoms. The number of aliphatic hydroxyl groups is 2. The molecule has 0 saturated heterocycles. The molecule has 17 N–H and O–H groups in total.